The van der Waals surface area contributed by atoms with Crippen molar-refractivity contribution >= 4 is 11.8 Å². The monoisotopic (exact) mass is 338 g/mol. The molecule has 2 aliphatic heterocycles. The van der Waals surface area contributed by atoms with Gasteiger partial charge >= 0.3 is 0 Å². The fourth-order valence-electron chi connectivity index (χ4n) is 3.12. The normalized spacial score (nSPS) is 24.2. The fourth-order valence-corrected chi connectivity index (χ4v) is 3.12. The standard InChI is InChI=1S/C17H20F2N2O3/c18-13-4-3-11(14(19)8-13)9-21-6-1-2-15(17(21)23)20-16(22)12-5-7-24-10-12/h3-4,8,12,15H,1-2,5-7,9-10H2,(H,20,22). The maximum absolute atomic E-state index is 13.8. The van der Waals surface area contributed by atoms with Gasteiger partial charge in [-0.3, -0.25) is 9.59 Å². The molecule has 7 heteroatoms. The second kappa shape index (κ2) is 7.25. The topological polar surface area (TPSA) is 58.6 Å². The van der Waals surface area contributed by atoms with Crippen molar-refractivity contribution in [3.63, 3.8) is 0 Å². The number of nitrogens with one attached hydrogen (secondary N) is 1. The van der Waals surface area contributed by atoms with Gasteiger partial charge in [-0.05, 0) is 25.3 Å². The Kier molecular flexibility index (Phi) is 5.08. The quantitative estimate of drug-likeness (QED) is 0.907. The Labute approximate surface area is 139 Å². The molecule has 130 valence electrons. The van der Waals surface area contributed by atoms with Gasteiger partial charge in [0.05, 0.1) is 12.5 Å². The van der Waals surface area contributed by atoms with Crippen LogP contribution < -0.4 is 5.32 Å². The molecule has 2 amide bonds. The molecular formula is C17H20F2N2O3. The van der Waals surface area contributed by atoms with Gasteiger partial charge in [0.15, 0.2) is 0 Å². The first-order valence-electron chi connectivity index (χ1n) is 8.15. The predicted molar refractivity (Wildman–Crippen MR) is 81.9 cm³/mol. The van der Waals surface area contributed by atoms with Crippen LogP contribution in [0.1, 0.15) is 24.8 Å². The second-order valence-electron chi connectivity index (χ2n) is 6.26. The third-order valence-corrected chi connectivity index (χ3v) is 4.52. The Bertz CT molecular complexity index is 632. The molecule has 1 aromatic rings. The zero-order valence-corrected chi connectivity index (χ0v) is 13.3. The predicted octanol–water partition coefficient (Wildman–Crippen LogP) is 1.61. The lowest BCUT2D eigenvalue weighted by atomic mass is 10.0. The van der Waals surface area contributed by atoms with Gasteiger partial charge in [-0.1, -0.05) is 6.07 Å². The summed E-state index contributed by atoms with van der Waals surface area (Å²) in [4.78, 5) is 26.2. The van der Waals surface area contributed by atoms with Crippen LogP contribution in [-0.2, 0) is 20.9 Å². The van der Waals surface area contributed by atoms with Gasteiger partial charge in [-0.2, -0.15) is 0 Å². The summed E-state index contributed by atoms with van der Waals surface area (Å²) in [6.45, 7) is 1.52. The maximum Gasteiger partial charge on any atom is 0.245 e. The maximum atomic E-state index is 13.8. The lowest BCUT2D eigenvalue weighted by Gasteiger charge is -2.33. The summed E-state index contributed by atoms with van der Waals surface area (Å²) < 4.78 is 31.9. The summed E-state index contributed by atoms with van der Waals surface area (Å²) in [6, 6.07) is 2.74. The highest BCUT2D eigenvalue weighted by Gasteiger charge is 2.33. The van der Waals surface area contributed by atoms with Crippen LogP contribution in [0.25, 0.3) is 0 Å². The van der Waals surface area contributed by atoms with Crippen LogP contribution in [0.4, 0.5) is 8.78 Å². The molecule has 1 N–H and O–H groups in total. The van der Waals surface area contributed by atoms with Gasteiger partial charge in [0.25, 0.3) is 0 Å². The molecule has 3 rings (SSSR count). The van der Waals surface area contributed by atoms with E-state index in [0.29, 0.717) is 32.6 Å². The summed E-state index contributed by atoms with van der Waals surface area (Å²) in [5, 5.41) is 2.79. The highest BCUT2D eigenvalue weighted by molar-refractivity contribution is 5.89. The smallest absolute Gasteiger partial charge is 0.245 e. The average Bonchev–Trinajstić information content (AvgIpc) is 3.08. The number of hydrogen-bond donors (Lipinski definition) is 1. The number of nitrogens with zero attached hydrogens (tertiary/aromatic N) is 1. The van der Waals surface area contributed by atoms with E-state index in [0.717, 1.165) is 12.5 Å². The molecule has 2 heterocycles. The van der Waals surface area contributed by atoms with Crippen LogP contribution in [-0.4, -0.2) is 42.5 Å². The van der Waals surface area contributed by atoms with E-state index in [1.165, 1.54) is 17.0 Å². The van der Waals surface area contributed by atoms with Crippen molar-refractivity contribution in [1.82, 2.24) is 10.2 Å². The zero-order valence-electron chi connectivity index (χ0n) is 13.3. The Balaban J connectivity index is 1.62. The summed E-state index contributed by atoms with van der Waals surface area (Å²) in [7, 11) is 0. The number of ether oxygens (including phenoxy) is 1. The van der Waals surface area contributed by atoms with Gasteiger partial charge in [0, 0.05) is 31.3 Å². The number of carbonyl (C=O) groups is 2. The highest BCUT2D eigenvalue weighted by atomic mass is 19.1. The molecule has 1 aromatic carbocycles. The SMILES string of the molecule is O=C(NC1CCCN(Cc2ccc(F)cc2F)C1=O)C1CCOC1. The van der Waals surface area contributed by atoms with Gasteiger partial charge in [-0.25, -0.2) is 8.78 Å². The molecule has 2 fully saturated rings. The Morgan fingerprint density at radius 1 is 1.33 bits per heavy atom. The van der Waals surface area contributed by atoms with Gasteiger partial charge < -0.3 is 15.0 Å². The van der Waals surface area contributed by atoms with Crippen molar-refractivity contribution < 1.29 is 23.1 Å². The molecule has 0 radical (unpaired) electrons. The minimum Gasteiger partial charge on any atom is -0.381 e. The highest BCUT2D eigenvalue weighted by Crippen LogP contribution is 2.19. The number of halogens is 2. The first kappa shape index (κ1) is 16.8. The number of rotatable bonds is 4. The third-order valence-electron chi connectivity index (χ3n) is 4.52. The molecule has 0 bridgehead atoms. The van der Waals surface area contributed by atoms with E-state index >= 15 is 0 Å². The van der Waals surface area contributed by atoms with Gasteiger partial charge in [0.2, 0.25) is 11.8 Å². The molecule has 0 aliphatic carbocycles. The molecule has 0 spiro atoms. The first-order valence-corrected chi connectivity index (χ1v) is 8.15. The average molecular weight is 338 g/mol. The van der Waals surface area contributed by atoms with Crippen LogP contribution >= 0.6 is 0 Å². The van der Waals surface area contributed by atoms with Crippen LogP contribution in [0.3, 0.4) is 0 Å². The van der Waals surface area contributed by atoms with Crippen LogP contribution in [0.2, 0.25) is 0 Å². The molecule has 0 saturated carbocycles. The molecular weight excluding hydrogens is 318 g/mol. The molecule has 2 unspecified atom stereocenters. The molecule has 0 aromatic heterocycles. The molecule has 2 saturated heterocycles. The van der Waals surface area contributed by atoms with Gasteiger partial charge in [-0.15, -0.1) is 0 Å². The largest absolute Gasteiger partial charge is 0.381 e. The number of likely N-dealkylation sites (tertiary alicyclic amines) is 1. The van der Waals surface area contributed by atoms with E-state index in [2.05, 4.69) is 5.32 Å². The van der Waals surface area contributed by atoms with E-state index < -0.39 is 17.7 Å². The minimum absolute atomic E-state index is 0.0733. The zero-order chi connectivity index (χ0) is 17.1. The fraction of sp³-hybridized carbons (Fsp3) is 0.529. The Morgan fingerprint density at radius 2 is 2.17 bits per heavy atom. The van der Waals surface area contributed by atoms with Crippen molar-refractivity contribution in [3.05, 3.63) is 35.4 Å². The van der Waals surface area contributed by atoms with Gasteiger partial charge in [0.1, 0.15) is 17.7 Å². The number of hydrogen-bond acceptors (Lipinski definition) is 3. The number of piperidine rings is 1. The first-order chi connectivity index (χ1) is 11.5. The van der Waals surface area contributed by atoms with Crippen molar-refractivity contribution in [3.8, 4) is 0 Å². The summed E-state index contributed by atoms with van der Waals surface area (Å²) in [6.07, 6.45) is 1.96. The number of amides is 2. The number of benzene rings is 1. The van der Waals surface area contributed by atoms with E-state index in [1.54, 1.807) is 0 Å². The Hall–Kier alpha value is -2.02. The van der Waals surface area contributed by atoms with Crippen molar-refractivity contribution in [2.45, 2.75) is 31.8 Å². The Morgan fingerprint density at radius 3 is 2.88 bits per heavy atom. The summed E-state index contributed by atoms with van der Waals surface area (Å²) in [5.41, 5.74) is 0.265. The lowest BCUT2D eigenvalue weighted by molar-refractivity contribution is -0.140. The van der Waals surface area contributed by atoms with E-state index in [-0.39, 0.29) is 29.8 Å². The third kappa shape index (κ3) is 3.72. The molecule has 2 atom stereocenters. The van der Waals surface area contributed by atoms with Crippen molar-refractivity contribution in [1.29, 1.82) is 0 Å². The van der Waals surface area contributed by atoms with E-state index in [1.807, 2.05) is 0 Å². The van der Waals surface area contributed by atoms with Crippen LogP contribution in [0, 0.1) is 17.6 Å². The number of carbonyl (C=O) groups excluding carboxylic acids is 2. The molecule has 2 aliphatic rings. The van der Waals surface area contributed by atoms with E-state index in [9.17, 15) is 18.4 Å². The summed E-state index contributed by atoms with van der Waals surface area (Å²) >= 11 is 0. The van der Waals surface area contributed by atoms with Crippen LogP contribution in [0.15, 0.2) is 18.2 Å². The van der Waals surface area contributed by atoms with Crippen molar-refractivity contribution in [2.75, 3.05) is 19.8 Å². The van der Waals surface area contributed by atoms with Crippen molar-refractivity contribution in [2.24, 2.45) is 5.92 Å². The minimum atomic E-state index is -0.669. The van der Waals surface area contributed by atoms with E-state index in [4.69, 9.17) is 4.74 Å². The summed E-state index contributed by atoms with van der Waals surface area (Å²) in [5.74, 6) is -1.91. The van der Waals surface area contributed by atoms with Crippen LogP contribution in [0.5, 0.6) is 0 Å². The second-order valence-corrected chi connectivity index (χ2v) is 6.26. The molecule has 5 nitrogen and oxygen atoms in total. The molecule has 24 heavy (non-hydrogen) atoms. The lowest BCUT2D eigenvalue weighted by Crippen LogP contribution is -2.53.